The Balaban J connectivity index is 1.63. The fraction of sp³-hybridized carbons (Fsp3) is 0.550. The minimum Gasteiger partial charge on any atom is -0.358 e. The van der Waals surface area contributed by atoms with Crippen molar-refractivity contribution in [1.82, 2.24) is 9.88 Å². The number of fused-ring (bicyclic) bond motifs is 3. The molecule has 1 amide bonds. The molecule has 2 aliphatic rings. The third kappa shape index (κ3) is 2.89. The van der Waals surface area contributed by atoms with Crippen LogP contribution in [0.5, 0.6) is 0 Å². The molecule has 3 heteroatoms. The standard InChI is InChI=1S/C20H26N2O/c23-20(22-12-6-2-1-3-7-13-22)15-10-11-19-17(14-15)16-8-4-5-9-18(16)21-19/h10-11,14,21H,1-9,12-13H2. The molecule has 1 aromatic carbocycles. The first kappa shape index (κ1) is 14.8. The zero-order valence-electron chi connectivity index (χ0n) is 13.9. The van der Waals surface area contributed by atoms with Gasteiger partial charge in [-0.25, -0.2) is 0 Å². The van der Waals surface area contributed by atoms with E-state index in [-0.39, 0.29) is 5.91 Å². The number of aromatic amines is 1. The van der Waals surface area contributed by atoms with E-state index < -0.39 is 0 Å². The smallest absolute Gasteiger partial charge is 0.253 e. The molecule has 1 saturated heterocycles. The fourth-order valence-corrected chi connectivity index (χ4v) is 4.17. The Labute approximate surface area is 138 Å². The van der Waals surface area contributed by atoms with Crippen LogP contribution in [0.15, 0.2) is 18.2 Å². The number of carbonyl (C=O) groups is 1. The highest BCUT2D eigenvalue weighted by Gasteiger charge is 2.20. The Hall–Kier alpha value is -1.77. The van der Waals surface area contributed by atoms with Crippen molar-refractivity contribution in [3.63, 3.8) is 0 Å². The van der Waals surface area contributed by atoms with Crippen molar-refractivity contribution in [3.05, 3.63) is 35.0 Å². The van der Waals surface area contributed by atoms with Crippen molar-refractivity contribution in [1.29, 1.82) is 0 Å². The SMILES string of the molecule is O=C(c1ccc2[nH]c3c(c2c1)CCCC3)N1CCCCCCC1. The number of hydrogen-bond acceptors (Lipinski definition) is 1. The lowest BCUT2D eigenvalue weighted by atomic mass is 9.95. The molecule has 0 radical (unpaired) electrons. The molecule has 122 valence electrons. The predicted molar refractivity (Wildman–Crippen MR) is 93.9 cm³/mol. The highest BCUT2D eigenvalue weighted by atomic mass is 16.2. The maximum Gasteiger partial charge on any atom is 0.253 e. The van der Waals surface area contributed by atoms with Gasteiger partial charge in [-0.3, -0.25) is 4.79 Å². The maximum absolute atomic E-state index is 12.9. The van der Waals surface area contributed by atoms with Crippen LogP contribution in [0, 0.1) is 0 Å². The highest BCUT2D eigenvalue weighted by Crippen LogP contribution is 2.30. The Morgan fingerprint density at radius 3 is 2.48 bits per heavy atom. The molecule has 0 atom stereocenters. The van der Waals surface area contributed by atoms with Gasteiger partial charge < -0.3 is 9.88 Å². The lowest BCUT2D eigenvalue weighted by Gasteiger charge is -2.25. The van der Waals surface area contributed by atoms with Crippen LogP contribution < -0.4 is 0 Å². The number of nitrogens with zero attached hydrogens (tertiary/aromatic N) is 1. The molecule has 3 nitrogen and oxygen atoms in total. The van der Waals surface area contributed by atoms with Gasteiger partial charge in [0.15, 0.2) is 0 Å². The summed E-state index contributed by atoms with van der Waals surface area (Å²) in [5, 5.41) is 1.28. The van der Waals surface area contributed by atoms with E-state index in [4.69, 9.17) is 0 Å². The van der Waals surface area contributed by atoms with Gasteiger partial charge in [-0.15, -0.1) is 0 Å². The summed E-state index contributed by atoms with van der Waals surface area (Å²) in [4.78, 5) is 18.5. The molecule has 1 N–H and O–H groups in total. The van der Waals surface area contributed by atoms with Gasteiger partial charge in [0.2, 0.25) is 0 Å². The number of amides is 1. The zero-order valence-corrected chi connectivity index (χ0v) is 13.9. The molecule has 1 aromatic heterocycles. The van der Waals surface area contributed by atoms with Crippen LogP contribution in [0.3, 0.4) is 0 Å². The molecule has 0 spiro atoms. The van der Waals surface area contributed by atoms with Gasteiger partial charge in [0, 0.05) is 35.2 Å². The summed E-state index contributed by atoms with van der Waals surface area (Å²) in [5.41, 5.74) is 4.90. The van der Waals surface area contributed by atoms with E-state index in [1.165, 1.54) is 54.3 Å². The van der Waals surface area contributed by atoms with Crippen molar-refractivity contribution in [3.8, 4) is 0 Å². The molecule has 2 heterocycles. The molecule has 0 unspecified atom stereocenters. The van der Waals surface area contributed by atoms with Crippen LogP contribution >= 0.6 is 0 Å². The molecular formula is C20H26N2O. The van der Waals surface area contributed by atoms with Crippen LogP contribution in [0.4, 0.5) is 0 Å². The van der Waals surface area contributed by atoms with Crippen LogP contribution in [0.1, 0.15) is 66.6 Å². The predicted octanol–water partition coefficient (Wildman–Crippen LogP) is 4.45. The van der Waals surface area contributed by atoms with E-state index in [9.17, 15) is 4.79 Å². The molecule has 23 heavy (non-hydrogen) atoms. The molecule has 4 rings (SSSR count). The molecular weight excluding hydrogens is 284 g/mol. The van der Waals surface area contributed by atoms with E-state index in [0.29, 0.717) is 0 Å². The second kappa shape index (κ2) is 6.38. The first-order valence-electron chi connectivity index (χ1n) is 9.26. The van der Waals surface area contributed by atoms with E-state index in [0.717, 1.165) is 44.3 Å². The van der Waals surface area contributed by atoms with Gasteiger partial charge in [-0.1, -0.05) is 19.3 Å². The minimum absolute atomic E-state index is 0.222. The summed E-state index contributed by atoms with van der Waals surface area (Å²) in [6.45, 7) is 1.84. The van der Waals surface area contributed by atoms with Crippen LogP contribution in [-0.2, 0) is 12.8 Å². The Kier molecular flexibility index (Phi) is 4.11. The van der Waals surface area contributed by atoms with Gasteiger partial charge in [-0.2, -0.15) is 0 Å². The summed E-state index contributed by atoms with van der Waals surface area (Å²) in [6, 6.07) is 6.24. The molecule has 0 bridgehead atoms. The number of likely N-dealkylation sites (tertiary alicyclic amines) is 1. The molecule has 1 aliphatic heterocycles. The second-order valence-electron chi connectivity index (χ2n) is 7.11. The fourth-order valence-electron chi connectivity index (χ4n) is 4.17. The van der Waals surface area contributed by atoms with Crippen molar-refractivity contribution < 1.29 is 4.79 Å². The van der Waals surface area contributed by atoms with E-state index in [2.05, 4.69) is 22.0 Å². The highest BCUT2D eigenvalue weighted by molar-refractivity contribution is 5.99. The number of aryl methyl sites for hydroxylation is 2. The van der Waals surface area contributed by atoms with Crippen molar-refractivity contribution >= 4 is 16.8 Å². The van der Waals surface area contributed by atoms with Gasteiger partial charge >= 0.3 is 0 Å². The largest absolute Gasteiger partial charge is 0.358 e. The van der Waals surface area contributed by atoms with Crippen LogP contribution in [0.25, 0.3) is 10.9 Å². The van der Waals surface area contributed by atoms with Crippen molar-refractivity contribution in [2.75, 3.05) is 13.1 Å². The van der Waals surface area contributed by atoms with Gasteiger partial charge in [-0.05, 0) is 62.3 Å². The number of aromatic nitrogens is 1. The summed E-state index contributed by atoms with van der Waals surface area (Å²) in [6.07, 6.45) is 11.0. The number of rotatable bonds is 1. The quantitative estimate of drug-likeness (QED) is 0.830. The lowest BCUT2D eigenvalue weighted by Crippen LogP contribution is -2.33. The van der Waals surface area contributed by atoms with Gasteiger partial charge in [0.1, 0.15) is 0 Å². The Bertz CT molecular complexity index is 708. The number of benzene rings is 1. The summed E-state index contributed by atoms with van der Waals surface area (Å²) >= 11 is 0. The van der Waals surface area contributed by atoms with Crippen LogP contribution in [0.2, 0.25) is 0 Å². The average molecular weight is 310 g/mol. The monoisotopic (exact) mass is 310 g/mol. The topological polar surface area (TPSA) is 36.1 Å². The molecule has 0 saturated carbocycles. The van der Waals surface area contributed by atoms with Crippen LogP contribution in [-0.4, -0.2) is 28.9 Å². The Morgan fingerprint density at radius 2 is 1.65 bits per heavy atom. The van der Waals surface area contributed by atoms with E-state index >= 15 is 0 Å². The third-order valence-corrected chi connectivity index (χ3v) is 5.49. The average Bonchev–Trinajstić information content (AvgIpc) is 2.92. The molecule has 1 fully saturated rings. The zero-order chi connectivity index (χ0) is 15.6. The first-order valence-corrected chi connectivity index (χ1v) is 9.26. The Morgan fingerprint density at radius 1 is 0.913 bits per heavy atom. The number of carbonyl (C=O) groups excluding carboxylic acids is 1. The van der Waals surface area contributed by atoms with Gasteiger partial charge in [0.25, 0.3) is 5.91 Å². The second-order valence-corrected chi connectivity index (χ2v) is 7.11. The minimum atomic E-state index is 0.222. The van der Waals surface area contributed by atoms with E-state index in [1.807, 2.05) is 6.07 Å². The summed E-state index contributed by atoms with van der Waals surface area (Å²) in [7, 11) is 0. The number of hydrogen-bond donors (Lipinski definition) is 1. The number of nitrogens with one attached hydrogen (secondary N) is 1. The molecule has 2 aromatic rings. The summed E-state index contributed by atoms with van der Waals surface area (Å²) < 4.78 is 0. The lowest BCUT2D eigenvalue weighted by molar-refractivity contribution is 0.0742. The summed E-state index contributed by atoms with van der Waals surface area (Å²) in [5.74, 6) is 0.222. The molecule has 1 aliphatic carbocycles. The first-order chi connectivity index (χ1) is 11.3. The third-order valence-electron chi connectivity index (χ3n) is 5.49. The number of H-pyrrole nitrogens is 1. The van der Waals surface area contributed by atoms with E-state index in [1.54, 1.807) is 0 Å². The van der Waals surface area contributed by atoms with Gasteiger partial charge in [0.05, 0.1) is 0 Å². The van der Waals surface area contributed by atoms with Crippen molar-refractivity contribution in [2.24, 2.45) is 0 Å². The van der Waals surface area contributed by atoms with Crippen molar-refractivity contribution in [2.45, 2.75) is 57.8 Å². The maximum atomic E-state index is 12.9. The normalized spacial score (nSPS) is 19.2.